The number of amides is 1. The van der Waals surface area contributed by atoms with Gasteiger partial charge < -0.3 is 10.1 Å². The van der Waals surface area contributed by atoms with Crippen LogP contribution in [0.25, 0.3) is 6.08 Å². The van der Waals surface area contributed by atoms with Gasteiger partial charge in [-0.2, -0.15) is 5.10 Å². The molecule has 0 atom stereocenters. The number of aromatic nitrogens is 2. The van der Waals surface area contributed by atoms with E-state index in [1.54, 1.807) is 43.3 Å². The Labute approximate surface area is 147 Å². The van der Waals surface area contributed by atoms with Crippen molar-refractivity contribution in [3.8, 4) is 0 Å². The first-order valence-corrected chi connectivity index (χ1v) is 8.28. The van der Waals surface area contributed by atoms with Gasteiger partial charge in [0.05, 0.1) is 6.61 Å². The number of H-pyrrole nitrogens is 1. The maximum absolute atomic E-state index is 12.2. The van der Waals surface area contributed by atoms with E-state index in [-0.39, 0.29) is 11.9 Å². The molecule has 0 aliphatic rings. The van der Waals surface area contributed by atoms with E-state index >= 15 is 0 Å². The van der Waals surface area contributed by atoms with Crippen LogP contribution >= 0.6 is 0 Å². The van der Waals surface area contributed by atoms with Crippen LogP contribution in [-0.4, -0.2) is 28.7 Å². The summed E-state index contributed by atoms with van der Waals surface area (Å²) < 4.78 is 4.82. The Balaban J connectivity index is 1.95. The van der Waals surface area contributed by atoms with Crippen LogP contribution in [0.15, 0.2) is 36.4 Å². The van der Waals surface area contributed by atoms with E-state index in [0.29, 0.717) is 23.9 Å². The van der Waals surface area contributed by atoms with Crippen LogP contribution in [0.2, 0.25) is 0 Å². The molecular formula is C19H23N3O3. The summed E-state index contributed by atoms with van der Waals surface area (Å²) in [5.41, 5.74) is 2.80. The van der Waals surface area contributed by atoms with E-state index in [1.165, 1.54) is 6.08 Å². The van der Waals surface area contributed by atoms with Crippen molar-refractivity contribution in [2.45, 2.75) is 27.2 Å². The van der Waals surface area contributed by atoms with Crippen molar-refractivity contribution in [3.05, 3.63) is 53.4 Å². The number of benzene rings is 1. The Kier molecular flexibility index (Phi) is 6.51. The summed E-state index contributed by atoms with van der Waals surface area (Å²) in [6, 6.07) is 8.92. The molecule has 0 radical (unpaired) electrons. The maximum Gasteiger partial charge on any atom is 0.330 e. The highest BCUT2D eigenvalue weighted by molar-refractivity contribution is 6.02. The van der Waals surface area contributed by atoms with Gasteiger partial charge in [0.2, 0.25) is 0 Å². The number of carbonyl (C=O) groups excluding carboxylic acids is 2. The lowest BCUT2D eigenvalue weighted by Crippen LogP contribution is -2.12. The molecule has 132 valence electrons. The van der Waals surface area contributed by atoms with Gasteiger partial charge in [-0.15, -0.1) is 0 Å². The molecule has 25 heavy (non-hydrogen) atoms. The molecule has 2 N–H and O–H groups in total. The van der Waals surface area contributed by atoms with E-state index in [0.717, 1.165) is 17.7 Å². The Morgan fingerprint density at radius 3 is 2.64 bits per heavy atom. The van der Waals surface area contributed by atoms with Crippen LogP contribution in [0.1, 0.15) is 42.5 Å². The third-order valence-electron chi connectivity index (χ3n) is 3.36. The van der Waals surface area contributed by atoms with Crippen molar-refractivity contribution in [2.75, 3.05) is 11.9 Å². The molecule has 0 aliphatic heterocycles. The zero-order valence-electron chi connectivity index (χ0n) is 14.7. The highest BCUT2D eigenvalue weighted by atomic mass is 16.5. The molecule has 0 spiro atoms. The summed E-state index contributed by atoms with van der Waals surface area (Å²) in [5, 5.41) is 9.74. The highest BCUT2D eigenvalue weighted by Gasteiger charge is 2.11. The number of hydrogen-bond acceptors (Lipinski definition) is 4. The van der Waals surface area contributed by atoms with E-state index in [2.05, 4.69) is 29.4 Å². The van der Waals surface area contributed by atoms with Crippen LogP contribution in [0.4, 0.5) is 5.69 Å². The van der Waals surface area contributed by atoms with Gasteiger partial charge in [0.25, 0.3) is 5.91 Å². The third kappa shape index (κ3) is 5.91. The summed E-state index contributed by atoms with van der Waals surface area (Å²) in [6.45, 7) is 6.33. The zero-order chi connectivity index (χ0) is 18.2. The molecule has 0 aliphatic carbocycles. The second-order valence-corrected chi connectivity index (χ2v) is 6.04. The first-order chi connectivity index (χ1) is 12.0. The van der Waals surface area contributed by atoms with Crippen molar-refractivity contribution in [1.29, 1.82) is 0 Å². The van der Waals surface area contributed by atoms with E-state index < -0.39 is 0 Å². The lowest BCUT2D eigenvalue weighted by Gasteiger charge is -2.03. The summed E-state index contributed by atoms with van der Waals surface area (Å²) >= 11 is 0. The fraction of sp³-hybridized carbons (Fsp3) is 0.316. The van der Waals surface area contributed by atoms with Gasteiger partial charge in [-0.25, -0.2) is 4.79 Å². The fourth-order valence-corrected chi connectivity index (χ4v) is 2.25. The minimum Gasteiger partial charge on any atom is -0.463 e. The standard InChI is InChI=1S/C19H23N3O3/c1-4-25-18(23)10-7-14-5-8-15(9-6-14)20-19(24)17-12-16(21-22-17)11-13(2)3/h5-10,12-13H,4,11H2,1-3H3,(H,20,24)(H,21,22)/b10-7+. The number of aromatic amines is 1. The molecule has 1 heterocycles. The number of nitrogens with one attached hydrogen (secondary N) is 2. The van der Waals surface area contributed by atoms with E-state index in [4.69, 9.17) is 4.74 Å². The van der Waals surface area contributed by atoms with Crippen molar-refractivity contribution < 1.29 is 14.3 Å². The van der Waals surface area contributed by atoms with Crippen LogP contribution < -0.4 is 5.32 Å². The average molecular weight is 341 g/mol. The zero-order valence-corrected chi connectivity index (χ0v) is 14.7. The molecule has 0 saturated heterocycles. The number of nitrogens with zero attached hydrogens (tertiary/aromatic N) is 1. The summed E-state index contributed by atoms with van der Waals surface area (Å²) in [6.07, 6.45) is 3.88. The molecule has 2 aromatic rings. The first-order valence-electron chi connectivity index (χ1n) is 8.28. The molecule has 6 heteroatoms. The van der Waals surface area contributed by atoms with Crippen LogP contribution in [-0.2, 0) is 16.0 Å². The van der Waals surface area contributed by atoms with Crippen molar-refractivity contribution in [1.82, 2.24) is 10.2 Å². The molecular weight excluding hydrogens is 318 g/mol. The third-order valence-corrected chi connectivity index (χ3v) is 3.36. The van der Waals surface area contributed by atoms with Crippen LogP contribution in [0, 0.1) is 5.92 Å². The number of anilines is 1. The van der Waals surface area contributed by atoms with Gasteiger partial charge in [-0.05, 0) is 49.1 Å². The number of ether oxygens (including phenoxy) is 1. The molecule has 0 saturated carbocycles. The first kappa shape index (κ1) is 18.4. The number of hydrogen-bond donors (Lipinski definition) is 2. The Morgan fingerprint density at radius 1 is 1.28 bits per heavy atom. The van der Waals surface area contributed by atoms with Gasteiger partial charge in [0.15, 0.2) is 5.69 Å². The summed E-state index contributed by atoms with van der Waals surface area (Å²) in [4.78, 5) is 23.5. The molecule has 1 aromatic carbocycles. The van der Waals surface area contributed by atoms with Gasteiger partial charge in [-0.3, -0.25) is 9.89 Å². The second kappa shape index (κ2) is 8.82. The summed E-state index contributed by atoms with van der Waals surface area (Å²) in [5.74, 6) is -0.150. The van der Waals surface area contributed by atoms with Crippen molar-refractivity contribution in [2.24, 2.45) is 5.92 Å². The Bertz CT molecular complexity index is 746. The molecule has 1 amide bonds. The molecule has 1 aromatic heterocycles. The minimum absolute atomic E-state index is 0.263. The predicted octanol–water partition coefficient (Wildman–Crippen LogP) is 3.44. The van der Waals surface area contributed by atoms with Crippen molar-refractivity contribution in [3.63, 3.8) is 0 Å². The largest absolute Gasteiger partial charge is 0.463 e. The maximum atomic E-state index is 12.2. The average Bonchev–Trinajstić information content (AvgIpc) is 3.02. The Hall–Kier alpha value is -2.89. The van der Waals surface area contributed by atoms with Gasteiger partial charge >= 0.3 is 5.97 Å². The van der Waals surface area contributed by atoms with E-state index in [9.17, 15) is 9.59 Å². The van der Waals surface area contributed by atoms with Crippen LogP contribution in [0.3, 0.4) is 0 Å². The minimum atomic E-state index is -0.379. The summed E-state index contributed by atoms with van der Waals surface area (Å²) in [7, 11) is 0. The highest BCUT2D eigenvalue weighted by Crippen LogP contribution is 2.13. The Morgan fingerprint density at radius 2 is 2.00 bits per heavy atom. The van der Waals surface area contributed by atoms with Gasteiger partial charge in [-0.1, -0.05) is 26.0 Å². The lowest BCUT2D eigenvalue weighted by atomic mass is 10.1. The quantitative estimate of drug-likeness (QED) is 0.597. The predicted molar refractivity (Wildman–Crippen MR) is 97.2 cm³/mol. The second-order valence-electron chi connectivity index (χ2n) is 6.04. The lowest BCUT2D eigenvalue weighted by molar-refractivity contribution is -0.137. The number of carbonyl (C=O) groups is 2. The number of rotatable bonds is 7. The van der Waals surface area contributed by atoms with Crippen LogP contribution in [0.5, 0.6) is 0 Å². The van der Waals surface area contributed by atoms with Gasteiger partial charge in [0, 0.05) is 17.5 Å². The molecule has 0 bridgehead atoms. The topological polar surface area (TPSA) is 84.1 Å². The normalized spacial score (nSPS) is 11.0. The molecule has 2 rings (SSSR count). The van der Waals surface area contributed by atoms with Gasteiger partial charge in [0.1, 0.15) is 0 Å². The fourth-order valence-electron chi connectivity index (χ4n) is 2.25. The SMILES string of the molecule is CCOC(=O)/C=C/c1ccc(NC(=O)c2cc(CC(C)C)[nH]n2)cc1. The monoisotopic (exact) mass is 341 g/mol. The smallest absolute Gasteiger partial charge is 0.330 e. The molecule has 0 fully saturated rings. The molecule has 0 unspecified atom stereocenters. The van der Waals surface area contributed by atoms with Crippen molar-refractivity contribution >= 4 is 23.6 Å². The number of esters is 1. The van der Waals surface area contributed by atoms with E-state index in [1.807, 2.05) is 0 Å². The molecule has 6 nitrogen and oxygen atoms in total.